The molecule has 7 nitrogen and oxygen atoms in total. The Labute approximate surface area is 163 Å². The van der Waals surface area contributed by atoms with Gasteiger partial charge in [0.25, 0.3) is 0 Å². The number of aromatic nitrogens is 2. The number of hydrogen-bond donors (Lipinski definition) is 0. The lowest BCUT2D eigenvalue weighted by molar-refractivity contribution is -0.131. The van der Waals surface area contributed by atoms with Gasteiger partial charge in [-0.15, -0.1) is 11.8 Å². The number of rotatable bonds is 7. The second-order valence-corrected chi connectivity index (χ2v) is 7.49. The Balaban J connectivity index is 1.56. The zero-order valence-corrected chi connectivity index (χ0v) is 16.8. The highest BCUT2D eigenvalue weighted by Crippen LogP contribution is 2.31. The first-order valence-corrected chi connectivity index (χ1v) is 10.2. The Bertz CT molecular complexity index is 780. The van der Waals surface area contributed by atoms with Crippen LogP contribution in [0, 0.1) is 0 Å². The number of piperidine rings is 1. The van der Waals surface area contributed by atoms with Gasteiger partial charge >= 0.3 is 0 Å². The summed E-state index contributed by atoms with van der Waals surface area (Å²) in [7, 11) is 3.17. The summed E-state index contributed by atoms with van der Waals surface area (Å²) in [4.78, 5) is 18.8. The Morgan fingerprint density at radius 3 is 2.85 bits per heavy atom. The zero-order valence-electron chi connectivity index (χ0n) is 15.9. The molecule has 1 fully saturated rings. The number of methoxy groups -OCH3 is 2. The fraction of sp³-hybridized carbons (Fsp3) is 0.526. The zero-order chi connectivity index (χ0) is 19.2. The highest BCUT2D eigenvalue weighted by atomic mass is 32.2. The van der Waals surface area contributed by atoms with Crippen LogP contribution in [0.25, 0.3) is 11.4 Å². The minimum atomic E-state index is 0.187. The number of hydrogen-bond acceptors (Lipinski definition) is 7. The number of likely N-dealkylation sites (tertiary alicyclic amines) is 1. The highest BCUT2D eigenvalue weighted by molar-refractivity contribution is 7.99. The second kappa shape index (κ2) is 9.12. The summed E-state index contributed by atoms with van der Waals surface area (Å²) in [6, 6.07) is 5.80. The first-order chi connectivity index (χ1) is 13.1. The predicted octanol–water partition coefficient (Wildman–Crippen LogP) is 3.39. The third kappa shape index (κ3) is 4.74. The molecule has 1 amide bonds. The van der Waals surface area contributed by atoms with Crippen molar-refractivity contribution in [3.05, 3.63) is 24.1 Å². The SMILES string of the molecule is COc1ccc(-c2noc(CSCC(=O)N3CCCC[C@@H]3C)n2)cc1OC. The number of thioether (sulfide) groups is 1. The molecule has 0 bridgehead atoms. The fourth-order valence-corrected chi connectivity index (χ4v) is 3.92. The van der Waals surface area contributed by atoms with Gasteiger partial charge in [0, 0.05) is 18.2 Å². The second-order valence-electron chi connectivity index (χ2n) is 6.51. The summed E-state index contributed by atoms with van der Waals surface area (Å²) in [5, 5.41) is 4.03. The van der Waals surface area contributed by atoms with Crippen molar-refractivity contribution in [3.63, 3.8) is 0 Å². The molecule has 8 heteroatoms. The van der Waals surface area contributed by atoms with Gasteiger partial charge in [0.2, 0.25) is 17.6 Å². The van der Waals surface area contributed by atoms with Crippen LogP contribution in [0.1, 0.15) is 32.1 Å². The molecule has 27 heavy (non-hydrogen) atoms. The highest BCUT2D eigenvalue weighted by Gasteiger charge is 2.23. The molecule has 1 saturated heterocycles. The summed E-state index contributed by atoms with van der Waals surface area (Å²) >= 11 is 1.50. The van der Waals surface area contributed by atoms with Gasteiger partial charge < -0.3 is 18.9 Å². The van der Waals surface area contributed by atoms with E-state index < -0.39 is 0 Å². The first kappa shape index (κ1) is 19.5. The van der Waals surface area contributed by atoms with E-state index in [4.69, 9.17) is 14.0 Å². The maximum Gasteiger partial charge on any atom is 0.236 e. The van der Waals surface area contributed by atoms with Gasteiger partial charge in [-0.2, -0.15) is 4.98 Å². The number of carbonyl (C=O) groups excluding carboxylic acids is 1. The maximum absolute atomic E-state index is 12.4. The predicted molar refractivity (Wildman–Crippen MR) is 104 cm³/mol. The fourth-order valence-electron chi connectivity index (χ4n) is 3.18. The Hall–Kier alpha value is -2.22. The van der Waals surface area contributed by atoms with E-state index in [2.05, 4.69) is 17.1 Å². The third-order valence-electron chi connectivity index (χ3n) is 4.68. The molecule has 1 aliphatic heterocycles. The molecule has 0 N–H and O–H groups in total. The van der Waals surface area contributed by atoms with Gasteiger partial charge in [-0.1, -0.05) is 5.16 Å². The van der Waals surface area contributed by atoms with E-state index in [1.165, 1.54) is 18.2 Å². The van der Waals surface area contributed by atoms with Gasteiger partial charge in [-0.25, -0.2) is 0 Å². The number of carbonyl (C=O) groups is 1. The lowest BCUT2D eigenvalue weighted by atomic mass is 10.0. The average Bonchev–Trinajstić information content (AvgIpc) is 3.16. The van der Waals surface area contributed by atoms with Crippen molar-refractivity contribution in [2.24, 2.45) is 0 Å². The standard InChI is InChI=1S/C19H25N3O4S/c1-13-6-4-5-9-22(13)18(23)12-27-11-17-20-19(21-26-17)14-7-8-15(24-2)16(10-14)25-3/h7-8,10,13H,4-6,9,11-12H2,1-3H3/t13-/m0/s1. The molecule has 2 aromatic rings. The monoisotopic (exact) mass is 391 g/mol. The van der Waals surface area contributed by atoms with Crippen LogP contribution in [0.5, 0.6) is 11.5 Å². The lowest BCUT2D eigenvalue weighted by Gasteiger charge is -2.33. The molecular formula is C19H25N3O4S. The molecule has 2 heterocycles. The number of amides is 1. The molecule has 1 aliphatic rings. The number of nitrogens with zero attached hydrogens (tertiary/aromatic N) is 3. The van der Waals surface area contributed by atoms with Crippen LogP contribution >= 0.6 is 11.8 Å². The van der Waals surface area contributed by atoms with E-state index in [9.17, 15) is 4.79 Å². The van der Waals surface area contributed by atoms with Gasteiger partial charge in [-0.05, 0) is 44.4 Å². The molecule has 3 rings (SSSR count). The van der Waals surface area contributed by atoms with Crippen molar-refractivity contribution < 1.29 is 18.8 Å². The minimum Gasteiger partial charge on any atom is -0.493 e. The van der Waals surface area contributed by atoms with E-state index in [0.717, 1.165) is 24.9 Å². The normalized spacial score (nSPS) is 17.0. The van der Waals surface area contributed by atoms with E-state index >= 15 is 0 Å². The van der Waals surface area contributed by atoms with Crippen molar-refractivity contribution in [1.82, 2.24) is 15.0 Å². The van der Waals surface area contributed by atoms with Crippen molar-refractivity contribution in [1.29, 1.82) is 0 Å². The average molecular weight is 391 g/mol. The van der Waals surface area contributed by atoms with Gasteiger partial charge in [-0.3, -0.25) is 4.79 Å². The van der Waals surface area contributed by atoms with Crippen molar-refractivity contribution in [2.75, 3.05) is 26.5 Å². The van der Waals surface area contributed by atoms with Crippen molar-refractivity contribution in [2.45, 2.75) is 38.0 Å². The Morgan fingerprint density at radius 2 is 2.11 bits per heavy atom. The quantitative estimate of drug-likeness (QED) is 0.716. The molecule has 0 unspecified atom stereocenters. The van der Waals surface area contributed by atoms with Crippen LogP contribution in [0.3, 0.4) is 0 Å². The summed E-state index contributed by atoms with van der Waals surface area (Å²) in [6.07, 6.45) is 3.40. The van der Waals surface area contributed by atoms with Gasteiger partial charge in [0.15, 0.2) is 11.5 Å². The van der Waals surface area contributed by atoms with E-state index in [1.54, 1.807) is 20.3 Å². The topological polar surface area (TPSA) is 77.7 Å². The third-order valence-corrected chi connectivity index (χ3v) is 5.59. The van der Waals surface area contributed by atoms with E-state index in [-0.39, 0.29) is 5.91 Å². The molecule has 1 aromatic heterocycles. The maximum atomic E-state index is 12.4. The van der Waals surface area contributed by atoms with Crippen molar-refractivity contribution in [3.8, 4) is 22.9 Å². The summed E-state index contributed by atoms with van der Waals surface area (Å²) in [5.41, 5.74) is 0.783. The molecule has 0 saturated carbocycles. The molecule has 0 spiro atoms. The summed E-state index contributed by atoms with van der Waals surface area (Å²) in [5.74, 6) is 3.37. The molecule has 0 aliphatic carbocycles. The Kier molecular flexibility index (Phi) is 6.60. The van der Waals surface area contributed by atoms with E-state index in [1.807, 2.05) is 17.0 Å². The Morgan fingerprint density at radius 1 is 1.30 bits per heavy atom. The molecule has 1 aromatic carbocycles. The molecule has 1 atom stereocenters. The van der Waals surface area contributed by atoms with Crippen LogP contribution in [0.15, 0.2) is 22.7 Å². The number of ether oxygens (including phenoxy) is 2. The smallest absolute Gasteiger partial charge is 0.236 e. The van der Waals surface area contributed by atoms with Crippen LogP contribution in [0.4, 0.5) is 0 Å². The van der Waals surface area contributed by atoms with Crippen LogP contribution in [-0.4, -0.2) is 53.5 Å². The minimum absolute atomic E-state index is 0.187. The van der Waals surface area contributed by atoms with Crippen LogP contribution in [0.2, 0.25) is 0 Å². The van der Waals surface area contributed by atoms with Gasteiger partial charge in [0.05, 0.1) is 25.7 Å². The van der Waals surface area contributed by atoms with Gasteiger partial charge in [0.1, 0.15) is 0 Å². The lowest BCUT2D eigenvalue weighted by Crippen LogP contribution is -2.42. The van der Waals surface area contributed by atoms with Crippen LogP contribution < -0.4 is 9.47 Å². The molecule has 146 valence electrons. The summed E-state index contributed by atoms with van der Waals surface area (Å²) in [6.45, 7) is 2.99. The van der Waals surface area contributed by atoms with Crippen LogP contribution in [-0.2, 0) is 10.5 Å². The number of benzene rings is 1. The largest absolute Gasteiger partial charge is 0.493 e. The summed E-state index contributed by atoms with van der Waals surface area (Å²) < 4.78 is 15.9. The van der Waals surface area contributed by atoms with E-state index in [0.29, 0.717) is 40.8 Å². The molecule has 0 radical (unpaired) electrons. The molecular weight excluding hydrogens is 366 g/mol. The first-order valence-electron chi connectivity index (χ1n) is 9.04. The van der Waals surface area contributed by atoms with Crippen molar-refractivity contribution >= 4 is 17.7 Å².